The van der Waals surface area contributed by atoms with Crippen LogP contribution in [0, 0.1) is 12.7 Å². The van der Waals surface area contributed by atoms with Gasteiger partial charge in [0.2, 0.25) is 5.91 Å². The molecule has 2 aromatic heterocycles. The van der Waals surface area contributed by atoms with E-state index in [4.69, 9.17) is 4.74 Å². The summed E-state index contributed by atoms with van der Waals surface area (Å²) >= 11 is 3.22. The van der Waals surface area contributed by atoms with Gasteiger partial charge in [0.1, 0.15) is 0 Å². The van der Waals surface area contributed by atoms with Crippen molar-refractivity contribution in [2.75, 3.05) is 7.11 Å². The zero-order chi connectivity index (χ0) is 18.5. The Morgan fingerprint density at radius 2 is 2.19 bits per heavy atom. The van der Waals surface area contributed by atoms with Gasteiger partial charge in [0.25, 0.3) is 0 Å². The monoisotopic (exact) mass is 388 g/mol. The standard InChI is InChI=1S/C19H17FN2O2S2/c1-12-22-16(11-25-12)18-7-5-14(26-18)10-21-19(23)8-4-13-3-6-17(24-2)15(20)9-13/h3-9,11H,10H2,1-2H3,(H,21,23)/b8-4+. The molecule has 7 heteroatoms. The van der Waals surface area contributed by atoms with Crippen LogP contribution in [0.3, 0.4) is 0 Å². The summed E-state index contributed by atoms with van der Waals surface area (Å²) in [6.45, 7) is 2.41. The smallest absolute Gasteiger partial charge is 0.244 e. The molecule has 0 bridgehead atoms. The number of rotatable bonds is 6. The van der Waals surface area contributed by atoms with Crippen LogP contribution in [0.4, 0.5) is 4.39 Å². The number of aromatic nitrogens is 1. The lowest BCUT2D eigenvalue weighted by Crippen LogP contribution is -2.19. The van der Waals surface area contributed by atoms with E-state index in [2.05, 4.69) is 10.3 Å². The fourth-order valence-electron chi connectivity index (χ4n) is 2.28. The van der Waals surface area contributed by atoms with E-state index >= 15 is 0 Å². The Morgan fingerprint density at radius 3 is 2.88 bits per heavy atom. The fraction of sp³-hybridized carbons (Fsp3) is 0.158. The van der Waals surface area contributed by atoms with E-state index in [0.29, 0.717) is 12.1 Å². The summed E-state index contributed by atoms with van der Waals surface area (Å²) in [5, 5.41) is 5.88. The summed E-state index contributed by atoms with van der Waals surface area (Å²) < 4.78 is 18.5. The van der Waals surface area contributed by atoms with E-state index in [1.165, 1.54) is 25.3 Å². The highest BCUT2D eigenvalue weighted by molar-refractivity contribution is 7.16. The maximum absolute atomic E-state index is 13.6. The number of hydrogen-bond acceptors (Lipinski definition) is 5. The number of amides is 1. The quantitative estimate of drug-likeness (QED) is 0.625. The molecule has 1 amide bonds. The first-order valence-corrected chi connectivity index (χ1v) is 9.55. The van der Waals surface area contributed by atoms with Crippen LogP contribution >= 0.6 is 22.7 Å². The number of nitrogens with one attached hydrogen (secondary N) is 1. The normalized spacial score (nSPS) is 11.0. The van der Waals surface area contributed by atoms with Crippen LogP contribution in [0.15, 0.2) is 41.8 Å². The third-order valence-electron chi connectivity index (χ3n) is 3.57. The molecule has 0 aliphatic heterocycles. The zero-order valence-electron chi connectivity index (χ0n) is 14.3. The van der Waals surface area contributed by atoms with Crippen molar-refractivity contribution in [1.29, 1.82) is 0 Å². The molecule has 1 N–H and O–H groups in total. The molecule has 0 spiro atoms. The molecule has 0 aliphatic rings. The molecule has 2 heterocycles. The van der Waals surface area contributed by atoms with Crippen molar-refractivity contribution in [2.45, 2.75) is 13.5 Å². The third-order valence-corrected chi connectivity index (χ3v) is 5.45. The predicted octanol–water partition coefficient (Wildman–Crippen LogP) is 4.66. The van der Waals surface area contributed by atoms with Crippen LogP contribution in [0.2, 0.25) is 0 Å². The van der Waals surface area contributed by atoms with Gasteiger partial charge in [-0.3, -0.25) is 4.79 Å². The van der Waals surface area contributed by atoms with Gasteiger partial charge < -0.3 is 10.1 Å². The Kier molecular flexibility index (Phi) is 5.80. The van der Waals surface area contributed by atoms with Crippen molar-refractivity contribution in [3.63, 3.8) is 0 Å². The Morgan fingerprint density at radius 1 is 1.35 bits per heavy atom. The maximum Gasteiger partial charge on any atom is 0.244 e. The lowest BCUT2D eigenvalue weighted by molar-refractivity contribution is -0.116. The number of carbonyl (C=O) groups excluding carboxylic acids is 1. The molecule has 3 aromatic rings. The van der Waals surface area contributed by atoms with Gasteiger partial charge in [-0.1, -0.05) is 6.07 Å². The summed E-state index contributed by atoms with van der Waals surface area (Å²) in [5.74, 6) is -0.519. The Hall–Kier alpha value is -2.51. The van der Waals surface area contributed by atoms with E-state index in [9.17, 15) is 9.18 Å². The van der Waals surface area contributed by atoms with Gasteiger partial charge in [0, 0.05) is 16.3 Å². The summed E-state index contributed by atoms with van der Waals surface area (Å²) in [5.41, 5.74) is 1.56. The number of thiophene rings is 1. The maximum atomic E-state index is 13.6. The summed E-state index contributed by atoms with van der Waals surface area (Å²) in [7, 11) is 1.41. The number of nitrogens with zero attached hydrogens (tertiary/aromatic N) is 1. The highest BCUT2D eigenvalue weighted by Crippen LogP contribution is 2.28. The fourth-order valence-corrected chi connectivity index (χ4v) is 3.87. The number of ether oxygens (including phenoxy) is 1. The predicted molar refractivity (Wildman–Crippen MR) is 104 cm³/mol. The van der Waals surface area contributed by atoms with Crippen molar-refractivity contribution in [3.8, 4) is 16.3 Å². The van der Waals surface area contributed by atoms with Gasteiger partial charge in [-0.15, -0.1) is 22.7 Å². The van der Waals surface area contributed by atoms with E-state index < -0.39 is 5.82 Å². The lowest BCUT2D eigenvalue weighted by atomic mass is 10.2. The molecular weight excluding hydrogens is 371 g/mol. The Balaban J connectivity index is 1.56. The van der Waals surface area contributed by atoms with Crippen molar-refractivity contribution in [1.82, 2.24) is 10.3 Å². The molecule has 0 saturated carbocycles. The SMILES string of the molecule is COc1ccc(/C=C/C(=O)NCc2ccc(-c3csc(C)n3)s2)cc1F. The minimum Gasteiger partial charge on any atom is -0.494 e. The molecule has 0 aliphatic carbocycles. The van der Waals surface area contributed by atoms with E-state index in [1.807, 2.05) is 24.4 Å². The largest absolute Gasteiger partial charge is 0.494 e. The first kappa shape index (κ1) is 18.3. The van der Waals surface area contributed by atoms with Gasteiger partial charge in [-0.2, -0.15) is 0 Å². The minimum absolute atomic E-state index is 0.176. The summed E-state index contributed by atoms with van der Waals surface area (Å²) in [4.78, 5) is 18.5. The molecule has 0 saturated heterocycles. The van der Waals surface area contributed by atoms with Gasteiger partial charge in [0.05, 0.1) is 29.2 Å². The van der Waals surface area contributed by atoms with Crippen LogP contribution in [0.1, 0.15) is 15.4 Å². The van der Waals surface area contributed by atoms with Crippen LogP contribution < -0.4 is 10.1 Å². The molecule has 0 unspecified atom stereocenters. The molecule has 3 rings (SSSR count). The van der Waals surface area contributed by atoms with Crippen molar-refractivity contribution in [3.05, 3.63) is 63.1 Å². The zero-order valence-corrected chi connectivity index (χ0v) is 15.9. The first-order chi connectivity index (χ1) is 12.5. The topological polar surface area (TPSA) is 51.2 Å². The average molecular weight is 388 g/mol. The summed E-state index contributed by atoms with van der Waals surface area (Å²) in [6, 6.07) is 8.53. The van der Waals surface area contributed by atoms with Gasteiger partial charge in [0.15, 0.2) is 11.6 Å². The number of hydrogen-bond donors (Lipinski definition) is 1. The van der Waals surface area contributed by atoms with Crippen molar-refractivity contribution in [2.24, 2.45) is 0 Å². The van der Waals surface area contributed by atoms with Crippen LogP contribution in [-0.4, -0.2) is 18.0 Å². The minimum atomic E-state index is -0.460. The Bertz CT molecular complexity index is 947. The molecular formula is C19H17FN2O2S2. The summed E-state index contributed by atoms with van der Waals surface area (Å²) in [6.07, 6.45) is 2.95. The highest BCUT2D eigenvalue weighted by atomic mass is 32.1. The van der Waals surface area contributed by atoms with Crippen LogP contribution in [-0.2, 0) is 11.3 Å². The van der Waals surface area contributed by atoms with Crippen LogP contribution in [0.25, 0.3) is 16.6 Å². The number of benzene rings is 1. The molecule has 134 valence electrons. The highest BCUT2D eigenvalue weighted by Gasteiger charge is 2.07. The molecule has 0 radical (unpaired) electrons. The second kappa shape index (κ2) is 8.25. The van der Waals surface area contributed by atoms with E-state index in [1.54, 1.807) is 34.8 Å². The molecule has 0 fully saturated rings. The number of thiazole rings is 1. The van der Waals surface area contributed by atoms with Gasteiger partial charge in [-0.05, 0) is 42.8 Å². The van der Waals surface area contributed by atoms with Gasteiger partial charge in [-0.25, -0.2) is 9.37 Å². The molecule has 4 nitrogen and oxygen atoms in total. The molecule has 26 heavy (non-hydrogen) atoms. The van der Waals surface area contributed by atoms with E-state index in [-0.39, 0.29) is 11.7 Å². The van der Waals surface area contributed by atoms with E-state index in [0.717, 1.165) is 20.5 Å². The Labute approximate surface area is 159 Å². The second-order valence-corrected chi connectivity index (χ2v) is 7.69. The van der Waals surface area contributed by atoms with Crippen LogP contribution in [0.5, 0.6) is 5.75 Å². The molecule has 1 aromatic carbocycles. The number of aryl methyl sites for hydroxylation is 1. The van der Waals surface area contributed by atoms with Crippen molar-refractivity contribution >= 4 is 34.7 Å². The van der Waals surface area contributed by atoms with Gasteiger partial charge >= 0.3 is 0 Å². The second-order valence-electron chi connectivity index (χ2n) is 5.46. The van der Waals surface area contributed by atoms with Crippen molar-refractivity contribution < 1.29 is 13.9 Å². The number of carbonyl (C=O) groups is 1. The third kappa shape index (κ3) is 4.56. The number of methoxy groups -OCH3 is 1. The average Bonchev–Trinajstić information content (AvgIpc) is 3.27. The molecule has 0 atom stereocenters. The lowest BCUT2D eigenvalue weighted by Gasteiger charge is -2.02. The first-order valence-electron chi connectivity index (χ1n) is 7.86. The number of halogens is 1.